The van der Waals surface area contributed by atoms with Crippen LogP contribution in [0.15, 0.2) is 42.6 Å². The summed E-state index contributed by atoms with van der Waals surface area (Å²) in [6, 6.07) is 12.3. The zero-order chi connectivity index (χ0) is 14.3. The second-order valence-corrected chi connectivity index (χ2v) is 5.08. The molecule has 2 heterocycles. The highest BCUT2D eigenvalue weighted by Gasteiger charge is 2.09. The van der Waals surface area contributed by atoms with Gasteiger partial charge in [0.05, 0.1) is 19.4 Å². The van der Waals surface area contributed by atoms with Crippen molar-refractivity contribution in [2.45, 2.75) is 0 Å². The third-order valence-electron chi connectivity index (χ3n) is 3.60. The van der Waals surface area contributed by atoms with Gasteiger partial charge in [-0.15, -0.1) is 5.10 Å². The largest absolute Gasteiger partial charge is 0.379 e. The maximum atomic E-state index is 5.34. The number of hydrogen-bond acceptors (Lipinski definition) is 5. The third-order valence-corrected chi connectivity index (χ3v) is 3.60. The minimum atomic E-state index is 0.824. The second kappa shape index (κ2) is 7.15. The van der Waals surface area contributed by atoms with Gasteiger partial charge in [-0.2, -0.15) is 5.10 Å². The van der Waals surface area contributed by atoms with Crippen LogP contribution in [0.2, 0.25) is 0 Å². The summed E-state index contributed by atoms with van der Waals surface area (Å²) in [5.74, 6) is 0.824. The van der Waals surface area contributed by atoms with Gasteiger partial charge in [0.1, 0.15) is 5.82 Å². The van der Waals surface area contributed by atoms with Crippen LogP contribution < -0.4 is 5.32 Å². The number of ether oxygens (including phenoxy) is 1. The van der Waals surface area contributed by atoms with Crippen molar-refractivity contribution in [3.05, 3.63) is 42.6 Å². The Morgan fingerprint density at radius 3 is 2.71 bits per heavy atom. The summed E-state index contributed by atoms with van der Waals surface area (Å²) in [7, 11) is 0. The molecule has 1 aliphatic rings. The molecule has 110 valence electrons. The van der Waals surface area contributed by atoms with Gasteiger partial charge in [-0.05, 0) is 11.6 Å². The highest BCUT2D eigenvalue weighted by Crippen LogP contribution is 2.19. The van der Waals surface area contributed by atoms with Gasteiger partial charge < -0.3 is 10.1 Å². The standard InChI is InChI=1S/C16H20N4O/c1-2-4-14(5-3-1)15-12-16(19-18-13-15)17-6-7-20-8-10-21-11-9-20/h1-5,12-13H,6-11H2,(H,17,19). The Balaban J connectivity index is 1.56. The predicted octanol–water partition coefficient (Wildman–Crippen LogP) is 1.89. The number of aromatic nitrogens is 2. The molecule has 1 N–H and O–H groups in total. The van der Waals surface area contributed by atoms with Gasteiger partial charge in [-0.3, -0.25) is 4.90 Å². The van der Waals surface area contributed by atoms with Crippen molar-refractivity contribution < 1.29 is 4.74 Å². The van der Waals surface area contributed by atoms with E-state index in [1.807, 2.05) is 24.3 Å². The predicted molar refractivity (Wildman–Crippen MR) is 83.2 cm³/mol. The van der Waals surface area contributed by atoms with E-state index in [1.54, 1.807) is 6.20 Å². The number of benzene rings is 1. The van der Waals surface area contributed by atoms with Crippen LogP contribution in [0.5, 0.6) is 0 Å². The van der Waals surface area contributed by atoms with E-state index in [1.165, 1.54) is 0 Å². The highest BCUT2D eigenvalue weighted by atomic mass is 16.5. The molecule has 0 atom stereocenters. The van der Waals surface area contributed by atoms with Crippen molar-refractivity contribution in [2.75, 3.05) is 44.7 Å². The molecule has 1 fully saturated rings. The Morgan fingerprint density at radius 1 is 1.10 bits per heavy atom. The Kier molecular flexibility index (Phi) is 4.76. The Hall–Kier alpha value is -1.98. The Bertz CT molecular complexity index is 555. The molecule has 5 nitrogen and oxygen atoms in total. The lowest BCUT2D eigenvalue weighted by atomic mass is 10.1. The number of hydrogen-bond donors (Lipinski definition) is 1. The molecule has 0 bridgehead atoms. The minimum absolute atomic E-state index is 0.824. The van der Waals surface area contributed by atoms with Crippen molar-refractivity contribution in [1.29, 1.82) is 0 Å². The molecule has 0 spiro atoms. The number of nitrogens with one attached hydrogen (secondary N) is 1. The van der Waals surface area contributed by atoms with Gasteiger partial charge in [0.2, 0.25) is 0 Å². The molecule has 2 aromatic rings. The van der Waals surface area contributed by atoms with Crippen molar-refractivity contribution in [1.82, 2.24) is 15.1 Å². The van der Waals surface area contributed by atoms with Gasteiger partial charge >= 0.3 is 0 Å². The van der Waals surface area contributed by atoms with Crippen LogP contribution in [0.1, 0.15) is 0 Å². The van der Waals surface area contributed by atoms with Gasteiger partial charge in [0.25, 0.3) is 0 Å². The van der Waals surface area contributed by atoms with E-state index in [4.69, 9.17) is 4.74 Å². The first-order valence-corrected chi connectivity index (χ1v) is 7.34. The highest BCUT2D eigenvalue weighted by molar-refractivity contribution is 5.64. The Morgan fingerprint density at radius 2 is 1.90 bits per heavy atom. The van der Waals surface area contributed by atoms with E-state index >= 15 is 0 Å². The van der Waals surface area contributed by atoms with E-state index in [9.17, 15) is 0 Å². The summed E-state index contributed by atoms with van der Waals surface area (Å²) >= 11 is 0. The molecule has 1 aromatic heterocycles. The molecule has 21 heavy (non-hydrogen) atoms. The fourth-order valence-electron chi connectivity index (χ4n) is 2.41. The molecule has 0 unspecified atom stereocenters. The summed E-state index contributed by atoms with van der Waals surface area (Å²) in [6.45, 7) is 5.56. The van der Waals surface area contributed by atoms with Gasteiger partial charge in [-0.25, -0.2) is 0 Å². The van der Waals surface area contributed by atoms with Crippen molar-refractivity contribution in [3.8, 4) is 11.1 Å². The summed E-state index contributed by atoms with van der Waals surface area (Å²) < 4.78 is 5.34. The number of morpholine rings is 1. The molecule has 0 radical (unpaired) electrons. The molecule has 5 heteroatoms. The van der Waals surface area contributed by atoms with Crippen LogP contribution in [-0.2, 0) is 4.74 Å². The lowest BCUT2D eigenvalue weighted by Crippen LogP contribution is -2.39. The van der Waals surface area contributed by atoms with Crippen LogP contribution in [0.25, 0.3) is 11.1 Å². The number of nitrogens with zero attached hydrogens (tertiary/aromatic N) is 3. The van der Waals surface area contributed by atoms with Gasteiger partial charge in [-0.1, -0.05) is 30.3 Å². The smallest absolute Gasteiger partial charge is 0.149 e. The summed E-state index contributed by atoms with van der Waals surface area (Å²) in [5.41, 5.74) is 2.24. The summed E-state index contributed by atoms with van der Waals surface area (Å²) in [6.07, 6.45) is 1.79. The molecule has 0 aliphatic carbocycles. The molecule has 0 saturated carbocycles. The normalized spacial score (nSPS) is 15.8. The maximum Gasteiger partial charge on any atom is 0.149 e. The lowest BCUT2D eigenvalue weighted by Gasteiger charge is -2.26. The molecule has 1 saturated heterocycles. The fraction of sp³-hybridized carbons (Fsp3) is 0.375. The second-order valence-electron chi connectivity index (χ2n) is 5.08. The average Bonchev–Trinajstić information content (AvgIpc) is 2.57. The van der Waals surface area contributed by atoms with Crippen LogP contribution in [0, 0.1) is 0 Å². The van der Waals surface area contributed by atoms with Crippen LogP contribution in [-0.4, -0.2) is 54.5 Å². The first-order valence-electron chi connectivity index (χ1n) is 7.34. The molecular weight excluding hydrogens is 264 g/mol. The SMILES string of the molecule is c1ccc(-c2cnnc(NCCN3CCOCC3)c2)cc1. The molecular formula is C16H20N4O. The monoisotopic (exact) mass is 284 g/mol. The zero-order valence-electron chi connectivity index (χ0n) is 12.0. The van der Waals surface area contributed by atoms with E-state index in [-0.39, 0.29) is 0 Å². The van der Waals surface area contributed by atoms with Gasteiger partial charge in [0.15, 0.2) is 0 Å². The Labute approximate surface area is 125 Å². The molecule has 1 aromatic carbocycles. The van der Waals surface area contributed by atoms with Crippen LogP contribution in [0.3, 0.4) is 0 Å². The van der Waals surface area contributed by atoms with Crippen LogP contribution >= 0.6 is 0 Å². The van der Waals surface area contributed by atoms with E-state index < -0.39 is 0 Å². The average molecular weight is 284 g/mol. The topological polar surface area (TPSA) is 50.3 Å². The van der Waals surface area contributed by atoms with Crippen molar-refractivity contribution in [2.24, 2.45) is 0 Å². The summed E-state index contributed by atoms with van der Waals surface area (Å²) in [4.78, 5) is 2.39. The van der Waals surface area contributed by atoms with E-state index in [0.29, 0.717) is 0 Å². The lowest BCUT2D eigenvalue weighted by molar-refractivity contribution is 0.0398. The first-order chi connectivity index (χ1) is 10.4. The zero-order valence-corrected chi connectivity index (χ0v) is 12.0. The number of rotatable bonds is 5. The van der Waals surface area contributed by atoms with Gasteiger partial charge in [0, 0.05) is 31.7 Å². The van der Waals surface area contributed by atoms with Crippen LogP contribution in [0.4, 0.5) is 5.82 Å². The quantitative estimate of drug-likeness (QED) is 0.908. The first kappa shape index (κ1) is 14.0. The fourth-order valence-corrected chi connectivity index (χ4v) is 2.41. The minimum Gasteiger partial charge on any atom is -0.379 e. The van der Waals surface area contributed by atoms with E-state index in [2.05, 4.69) is 32.5 Å². The van der Waals surface area contributed by atoms with Crippen molar-refractivity contribution in [3.63, 3.8) is 0 Å². The summed E-state index contributed by atoms with van der Waals surface area (Å²) in [5, 5.41) is 11.6. The van der Waals surface area contributed by atoms with E-state index in [0.717, 1.165) is 56.3 Å². The molecule has 3 rings (SSSR count). The molecule has 1 aliphatic heterocycles. The number of anilines is 1. The third kappa shape index (κ3) is 4.00. The molecule has 0 amide bonds. The van der Waals surface area contributed by atoms with Crippen molar-refractivity contribution >= 4 is 5.82 Å². The maximum absolute atomic E-state index is 5.34.